The van der Waals surface area contributed by atoms with Gasteiger partial charge in [-0.25, -0.2) is 0 Å². The SMILES string of the molecule is CC(C)(C)C(=O)N[C@@H]1c2ccccc2C[C@@H]1O. The average Bonchev–Trinajstić information content (AvgIpc) is 2.54. The minimum absolute atomic E-state index is 0.0294. The van der Waals surface area contributed by atoms with Crippen molar-refractivity contribution in [2.24, 2.45) is 5.41 Å². The van der Waals surface area contributed by atoms with E-state index in [1.807, 2.05) is 45.0 Å². The largest absolute Gasteiger partial charge is 0.390 e. The molecule has 17 heavy (non-hydrogen) atoms. The Hall–Kier alpha value is -1.35. The van der Waals surface area contributed by atoms with Crippen LogP contribution in [0.15, 0.2) is 24.3 Å². The molecule has 92 valence electrons. The Kier molecular flexibility index (Phi) is 2.96. The molecule has 1 aliphatic rings. The normalized spacial score (nSPS) is 23.3. The molecule has 0 fully saturated rings. The number of hydrogen-bond donors (Lipinski definition) is 2. The fourth-order valence-electron chi connectivity index (χ4n) is 2.11. The van der Waals surface area contributed by atoms with Crippen molar-refractivity contribution in [2.45, 2.75) is 39.3 Å². The van der Waals surface area contributed by atoms with Gasteiger partial charge in [-0.1, -0.05) is 45.0 Å². The zero-order valence-corrected chi connectivity index (χ0v) is 10.5. The van der Waals surface area contributed by atoms with Crippen LogP contribution in [0.1, 0.15) is 37.9 Å². The van der Waals surface area contributed by atoms with Gasteiger partial charge >= 0.3 is 0 Å². The van der Waals surface area contributed by atoms with E-state index >= 15 is 0 Å². The van der Waals surface area contributed by atoms with E-state index in [2.05, 4.69) is 5.32 Å². The Balaban J connectivity index is 2.20. The van der Waals surface area contributed by atoms with Crippen molar-refractivity contribution in [2.75, 3.05) is 0 Å². The van der Waals surface area contributed by atoms with Gasteiger partial charge in [-0.15, -0.1) is 0 Å². The minimum Gasteiger partial charge on any atom is -0.390 e. The summed E-state index contributed by atoms with van der Waals surface area (Å²) in [4.78, 5) is 12.0. The summed E-state index contributed by atoms with van der Waals surface area (Å²) in [5, 5.41) is 12.9. The van der Waals surface area contributed by atoms with Crippen LogP contribution >= 0.6 is 0 Å². The van der Waals surface area contributed by atoms with E-state index < -0.39 is 11.5 Å². The van der Waals surface area contributed by atoms with Crippen LogP contribution in [0, 0.1) is 5.41 Å². The maximum absolute atomic E-state index is 12.0. The quantitative estimate of drug-likeness (QED) is 0.777. The molecular formula is C14H19NO2. The van der Waals surface area contributed by atoms with Gasteiger partial charge in [0, 0.05) is 11.8 Å². The van der Waals surface area contributed by atoms with Crippen LogP contribution in [0.3, 0.4) is 0 Å². The van der Waals surface area contributed by atoms with Gasteiger partial charge in [-0.2, -0.15) is 0 Å². The average molecular weight is 233 g/mol. The van der Waals surface area contributed by atoms with Crippen molar-refractivity contribution in [3.63, 3.8) is 0 Å². The standard InChI is InChI=1S/C14H19NO2/c1-14(2,3)13(17)15-12-10-7-5-4-6-9(10)8-11(12)16/h4-7,11-12,16H,8H2,1-3H3,(H,15,17)/t11-,12+/m0/s1. The Morgan fingerprint density at radius 3 is 2.65 bits per heavy atom. The van der Waals surface area contributed by atoms with Gasteiger partial charge in [0.25, 0.3) is 0 Å². The topological polar surface area (TPSA) is 49.3 Å². The summed E-state index contributed by atoms with van der Waals surface area (Å²) < 4.78 is 0. The molecule has 1 aromatic rings. The van der Waals surface area contributed by atoms with Crippen molar-refractivity contribution < 1.29 is 9.90 Å². The number of aliphatic hydroxyl groups is 1. The minimum atomic E-state index is -0.515. The predicted octanol–water partition coefficient (Wildman–Crippen LogP) is 1.81. The van der Waals surface area contributed by atoms with Crippen LogP contribution in [0.25, 0.3) is 0 Å². The molecule has 0 unspecified atom stereocenters. The van der Waals surface area contributed by atoms with Gasteiger partial charge in [0.1, 0.15) is 0 Å². The Bertz CT molecular complexity index is 434. The third-order valence-corrected chi connectivity index (χ3v) is 3.17. The molecule has 1 aromatic carbocycles. The monoisotopic (exact) mass is 233 g/mol. The molecule has 3 nitrogen and oxygen atoms in total. The molecule has 0 heterocycles. The first-order valence-electron chi connectivity index (χ1n) is 5.96. The van der Waals surface area contributed by atoms with E-state index in [1.165, 1.54) is 0 Å². The second kappa shape index (κ2) is 4.15. The van der Waals surface area contributed by atoms with Crippen molar-refractivity contribution in [1.82, 2.24) is 5.32 Å². The Morgan fingerprint density at radius 1 is 1.35 bits per heavy atom. The molecular weight excluding hydrogens is 214 g/mol. The van der Waals surface area contributed by atoms with Crippen molar-refractivity contribution >= 4 is 5.91 Å². The van der Waals surface area contributed by atoms with E-state index in [0.29, 0.717) is 6.42 Å². The number of rotatable bonds is 1. The fourth-order valence-corrected chi connectivity index (χ4v) is 2.11. The van der Waals surface area contributed by atoms with Gasteiger partial charge in [0.2, 0.25) is 5.91 Å². The lowest BCUT2D eigenvalue weighted by atomic mass is 9.94. The Morgan fingerprint density at radius 2 is 2.00 bits per heavy atom. The van der Waals surface area contributed by atoms with Gasteiger partial charge in [0.15, 0.2) is 0 Å². The van der Waals surface area contributed by atoms with E-state index in [4.69, 9.17) is 0 Å². The summed E-state index contributed by atoms with van der Waals surface area (Å²) in [7, 11) is 0. The highest BCUT2D eigenvalue weighted by atomic mass is 16.3. The van der Waals surface area contributed by atoms with Gasteiger partial charge in [-0.3, -0.25) is 4.79 Å². The van der Waals surface area contributed by atoms with Crippen LogP contribution in [0.5, 0.6) is 0 Å². The molecule has 1 amide bonds. The predicted molar refractivity (Wildman–Crippen MR) is 66.5 cm³/mol. The number of benzene rings is 1. The van der Waals surface area contributed by atoms with E-state index in [9.17, 15) is 9.90 Å². The second-order valence-corrected chi connectivity index (χ2v) is 5.67. The van der Waals surface area contributed by atoms with E-state index in [1.54, 1.807) is 0 Å². The van der Waals surface area contributed by atoms with Crippen LogP contribution in [-0.2, 0) is 11.2 Å². The molecule has 2 atom stereocenters. The van der Waals surface area contributed by atoms with Crippen LogP contribution in [0.2, 0.25) is 0 Å². The first-order chi connectivity index (χ1) is 7.89. The molecule has 2 N–H and O–H groups in total. The zero-order chi connectivity index (χ0) is 12.6. The van der Waals surface area contributed by atoms with Crippen molar-refractivity contribution in [3.05, 3.63) is 35.4 Å². The maximum atomic E-state index is 12.0. The molecule has 0 bridgehead atoms. The summed E-state index contributed by atoms with van der Waals surface area (Å²) in [6.07, 6.45) is 0.101. The highest BCUT2D eigenvalue weighted by Crippen LogP contribution is 2.32. The number of carbonyl (C=O) groups excluding carboxylic acids is 1. The molecule has 0 radical (unpaired) electrons. The van der Waals surface area contributed by atoms with Crippen LogP contribution < -0.4 is 5.32 Å². The lowest BCUT2D eigenvalue weighted by Crippen LogP contribution is -2.40. The third kappa shape index (κ3) is 2.34. The molecule has 0 spiro atoms. The molecule has 0 saturated heterocycles. The fraction of sp³-hybridized carbons (Fsp3) is 0.500. The summed E-state index contributed by atoms with van der Waals surface area (Å²) >= 11 is 0. The van der Waals surface area contributed by atoms with Crippen LogP contribution in [-0.4, -0.2) is 17.1 Å². The Labute approximate surface area is 102 Å². The lowest BCUT2D eigenvalue weighted by Gasteiger charge is -2.24. The molecule has 0 saturated carbocycles. The van der Waals surface area contributed by atoms with Gasteiger partial charge < -0.3 is 10.4 Å². The van der Waals surface area contributed by atoms with Gasteiger partial charge in [-0.05, 0) is 11.1 Å². The lowest BCUT2D eigenvalue weighted by molar-refractivity contribution is -0.130. The van der Waals surface area contributed by atoms with Gasteiger partial charge in [0.05, 0.1) is 12.1 Å². The van der Waals surface area contributed by atoms with Crippen LogP contribution in [0.4, 0.5) is 0 Å². The zero-order valence-electron chi connectivity index (χ0n) is 10.5. The smallest absolute Gasteiger partial charge is 0.225 e. The molecule has 2 rings (SSSR count). The number of aliphatic hydroxyl groups excluding tert-OH is 1. The molecule has 3 heteroatoms. The maximum Gasteiger partial charge on any atom is 0.225 e. The summed E-state index contributed by atoms with van der Waals surface area (Å²) in [5.41, 5.74) is 1.73. The number of amides is 1. The number of hydrogen-bond acceptors (Lipinski definition) is 2. The first-order valence-corrected chi connectivity index (χ1v) is 5.96. The van der Waals surface area contributed by atoms with E-state index in [-0.39, 0.29) is 11.9 Å². The second-order valence-electron chi connectivity index (χ2n) is 5.67. The van der Waals surface area contributed by atoms with Crippen molar-refractivity contribution in [1.29, 1.82) is 0 Å². The highest BCUT2D eigenvalue weighted by Gasteiger charge is 2.34. The number of carbonyl (C=O) groups is 1. The first kappa shape index (κ1) is 12.1. The molecule has 1 aliphatic carbocycles. The van der Waals surface area contributed by atoms with Crippen molar-refractivity contribution in [3.8, 4) is 0 Å². The third-order valence-electron chi connectivity index (χ3n) is 3.17. The number of fused-ring (bicyclic) bond motifs is 1. The summed E-state index contributed by atoms with van der Waals surface area (Å²) in [5.74, 6) is -0.0294. The number of nitrogens with one attached hydrogen (secondary N) is 1. The molecule has 0 aromatic heterocycles. The summed E-state index contributed by atoms with van der Waals surface area (Å²) in [6, 6.07) is 7.60. The molecule has 0 aliphatic heterocycles. The summed E-state index contributed by atoms with van der Waals surface area (Å²) in [6.45, 7) is 5.61. The highest BCUT2D eigenvalue weighted by molar-refractivity contribution is 5.82. The van der Waals surface area contributed by atoms with E-state index in [0.717, 1.165) is 11.1 Å².